The van der Waals surface area contributed by atoms with Crippen molar-refractivity contribution in [1.29, 1.82) is 0 Å². The van der Waals surface area contributed by atoms with Crippen LogP contribution >= 0.6 is 22.5 Å². The average molecular weight is 326 g/mol. The van der Waals surface area contributed by atoms with Crippen LogP contribution < -0.4 is 0 Å². The lowest BCUT2D eigenvalue weighted by molar-refractivity contribution is -0.00378. The summed E-state index contributed by atoms with van der Waals surface area (Å²) in [5.41, 5.74) is 3.53. The van der Waals surface area contributed by atoms with Gasteiger partial charge in [0.1, 0.15) is 0 Å². The van der Waals surface area contributed by atoms with E-state index < -0.39 is 0 Å². The second-order valence-corrected chi connectivity index (χ2v) is 7.48. The highest BCUT2D eigenvalue weighted by Gasteiger charge is 2.28. The maximum absolute atomic E-state index is 9.46. The Morgan fingerprint density at radius 2 is 2.33 bits per heavy atom. The maximum atomic E-state index is 9.46. The molecular formula is C15H22N2O2S2. The number of β-amino-alcohol motifs (C(OH)–C–C–N with tert-alkyl or cyclic N) is 1. The highest BCUT2D eigenvalue weighted by atomic mass is 33.1. The molecule has 116 valence electrons. The lowest BCUT2D eigenvalue weighted by Gasteiger charge is -2.36. The number of likely N-dealkylation sites (tertiary alicyclic amines) is 1. The van der Waals surface area contributed by atoms with Gasteiger partial charge >= 0.3 is 0 Å². The first kappa shape index (κ1) is 15.6. The van der Waals surface area contributed by atoms with Gasteiger partial charge in [0.25, 0.3) is 0 Å². The summed E-state index contributed by atoms with van der Waals surface area (Å²) >= 11 is 4.30. The molecule has 6 heteroatoms. The predicted molar refractivity (Wildman–Crippen MR) is 88.7 cm³/mol. The highest BCUT2D eigenvalue weighted by Crippen LogP contribution is 2.33. The Balaban J connectivity index is 1.83. The van der Waals surface area contributed by atoms with Crippen molar-refractivity contribution in [3.8, 4) is 0 Å². The minimum atomic E-state index is -0.168. The van der Waals surface area contributed by atoms with Crippen molar-refractivity contribution in [3.05, 3.63) is 29.1 Å². The predicted octanol–water partition coefficient (Wildman–Crippen LogP) is 2.40. The van der Waals surface area contributed by atoms with Crippen LogP contribution in [0.2, 0.25) is 0 Å². The number of nitrogens with zero attached hydrogens (tertiary/aromatic N) is 2. The molecule has 1 aromatic heterocycles. The third-order valence-electron chi connectivity index (χ3n) is 4.29. The molecule has 0 radical (unpaired) electrons. The number of thiol groups is 1. The van der Waals surface area contributed by atoms with Gasteiger partial charge in [0, 0.05) is 32.2 Å². The topological polar surface area (TPSA) is 45.6 Å². The average Bonchev–Trinajstić information content (AvgIpc) is 2.98. The van der Waals surface area contributed by atoms with Gasteiger partial charge in [-0.1, -0.05) is 16.9 Å². The molecule has 3 rings (SSSR count). The highest BCUT2D eigenvalue weighted by molar-refractivity contribution is 8.68. The quantitative estimate of drug-likeness (QED) is 0.643. The molecule has 0 aliphatic carbocycles. The Morgan fingerprint density at radius 3 is 2.95 bits per heavy atom. The normalized spacial score (nSPS) is 25.0. The molecule has 1 N–H and O–H groups in total. The van der Waals surface area contributed by atoms with Gasteiger partial charge in [-0.2, -0.15) is 0 Å². The first-order valence-corrected chi connectivity index (χ1v) is 9.38. The molecule has 1 unspecified atom stereocenters. The Hall–Kier alpha value is -0.270. The molecule has 2 atom stereocenters. The van der Waals surface area contributed by atoms with Crippen molar-refractivity contribution < 1.29 is 9.84 Å². The number of hydrogen-bond donors (Lipinski definition) is 2. The number of aliphatic hydroxyl groups excluding tert-OH is 1. The van der Waals surface area contributed by atoms with Crippen LogP contribution in [-0.2, 0) is 11.3 Å². The summed E-state index contributed by atoms with van der Waals surface area (Å²) in [5, 5.41) is 9.74. The lowest BCUT2D eigenvalue weighted by Crippen LogP contribution is -2.50. The second-order valence-electron chi connectivity index (χ2n) is 5.93. The van der Waals surface area contributed by atoms with Crippen LogP contribution in [0.4, 0.5) is 0 Å². The summed E-state index contributed by atoms with van der Waals surface area (Å²) in [6, 6.07) is 4.34. The van der Waals surface area contributed by atoms with Gasteiger partial charge in [-0.3, -0.25) is 9.88 Å². The first-order valence-electron chi connectivity index (χ1n) is 7.45. The van der Waals surface area contributed by atoms with Crippen molar-refractivity contribution in [2.24, 2.45) is 0 Å². The molecule has 2 aliphatic rings. The van der Waals surface area contributed by atoms with E-state index in [1.165, 1.54) is 16.4 Å². The summed E-state index contributed by atoms with van der Waals surface area (Å²) in [5.74, 6) is 0.465. The zero-order chi connectivity index (χ0) is 14.8. The number of rotatable bonds is 5. The number of pyridine rings is 1. The van der Waals surface area contributed by atoms with E-state index in [-0.39, 0.29) is 11.4 Å². The van der Waals surface area contributed by atoms with Crippen LogP contribution in [0.3, 0.4) is 0 Å². The van der Waals surface area contributed by atoms with Crippen LogP contribution in [-0.4, -0.2) is 47.4 Å². The van der Waals surface area contributed by atoms with Crippen molar-refractivity contribution in [1.82, 2.24) is 9.88 Å². The van der Waals surface area contributed by atoms with Crippen molar-refractivity contribution in [2.75, 3.05) is 26.3 Å². The Bertz CT molecular complexity index is 489. The second kappa shape index (κ2) is 6.87. The molecule has 21 heavy (non-hydrogen) atoms. The molecule has 3 heterocycles. The van der Waals surface area contributed by atoms with Gasteiger partial charge < -0.3 is 9.84 Å². The van der Waals surface area contributed by atoms with E-state index in [4.69, 9.17) is 9.72 Å². The molecule has 0 amide bonds. The van der Waals surface area contributed by atoms with E-state index in [9.17, 15) is 5.11 Å². The van der Waals surface area contributed by atoms with Gasteiger partial charge in [-0.15, -0.1) is 11.7 Å². The molecule has 2 fully saturated rings. The van der Waals surface area contributed by atoms with E-state index in [1.54, 1.807) is 0 Å². The third-order valence-corrected chi connectivity index (χ3v) is 5.79. The molecule has 0 bridgehead atoms. The fourth-order valence-corrected chi connectivity index (χ4v) is 3.53. The van der Waals surface area contributed by atoms with E-state index in [1.807, 2.05) is 0 Å². The van der Waals surface area contributed by atoms with Crippen LogP contribution in [0.1, 0.15) is 41.5 Å². The third kappa shape index (κ3) is 3.56. The molecule has 0 saturated carbocycles. The number of aliphatic hydroxyl groups is 1. The van der Waals surface area contributed by atoms with Crippen molar-refractivity contribution in [3.63, 3.8) is 0 Å². The Labute approximate surface area is 135 Å². The first-order chi connectivity index (χ1) is 10.2. The fourth-order valence-electron chi connectivity index (χ4n) is 2.97. The van der Waals surface area contributed by atoms with Crippen molar-refractivity contribution in [2.45, 2.75) is 37.2 Å². The zero-order valence-electron chi connectivity index (χ0n) is 12.2. The smallest absolute Gasteiger partial charge is 0.0794 e. The zero-order valence-corrected chi connectivity index (χ0v) is 13.9. The van der Waals surface area contributed by atoms with E-state index in [2.05, 4.69) is 35.6 Å². The van der Waals surface area contributed by atoms with Crippen LogP contribution in [0.25, 0.3) is 0 Å². The number of ether oxygens (including phenoxy) is 1. The summed E-state index contributed by atoms with van der Waals surface area (Å²) < 4.78 is 5.53. The van der Waals surface area contributed by atoms with E-state index >= 15 is 0 Å². The molecule has 0 spiro atoms. The monoisotopic (exact) mass is 326 g/mol. The molecule has 2 aliphatic heterocycles. The van der Waals surface area contributed by atoms with Gasteiger partial charge in [-0.25, -0.2) is 0 Å². The summed E-state index contributed by atoms with van der Waals surface area (Å²) in [4.78, 5) is 7.13. The Morgan fingerprint density at radius 1 is 1.52 bits per heavy atom. The molecule has 0 aromatic carbocycles. The van der Waals surface area contributed by atoms with Crippen LogP contribution in [0.5, 0.6) is 0 Å². The standard InChI is InChI=1S/C15H22N2O2S2/c1-10(21-20)14-3-2-13(11-4-5-19-9-11)15(16-14)8-17-6-12(18)7-17/h2-3,10-12,18,20H,4-9H2,1H3/t10?,11-/m0/s1. The van der Waals surface area contributed by atoms with Gasteiger partial charge in [-0.05, 0) is 25.0 Å². The van der Waals surface area contributed by atoms with Gasteiger partial charge in [0.15, 0.2) is 0 Å². The Kier molecular flexibility index (Phi) is 5.11. The van der Waals surface area contributed by atoms with Crippen LogP contribution in [0, 0.1) is 0 Å². The summed E-state index contributed by atoms with van der Waals surface area (Å²) in [7, 11) is 1.52. The fraction of sp³-hybridized carbons (Fsp3) is 0.667. The largest absolute Gasteiger partial charge is 0.390 e. The van der Waals surface area contributed by atoms with Crippen molar-refractivity contribution >= 4 is 22.5 Å². The van der Waals surface area contributed by atoms with Gasteiger partial charge in [0.2, 0.25) is 0 Å². The summed E-state index contributed by atoms with van der Waals surface area (Å²) in [6.45, 7) is 6.09. The summed E-state index contributed by atoms with van der Waals surface area (Å²) in [6.07, 6.45) is 0.909. The van der Waals surface area contributed by atoms with E-state index in [0.717, 1.165) is 50.7 Å². The molecule has 1 aromatic rings. The molecular weight excluding hydrogens is 304 g/mol. The van der Waals surface area contributed by atoms with E-state index in [0.29, 0.717) is 5.92 Å². The van der Waals surface area contributed by atoms with Crippen LogP contribution in [0.15, 0.2) is 12.1 Å². The number of hydrogen-bond acceptors (Lipinski definition) is 6. The maximum Gasteiger partial charge on any atom is 0.0794 e. The van der Waals surface area contributed by atoms with Gasteiger partial charge in [0.05, 0.1) is 29.3 Å². The minimum Gasteiger partial charge on any atom is -0.390 e. The minimum absolute atomic E-state index is 0.168. The lowest BCUT2D eigenvalue weighted by atomic mass is 9.95. The molecule has 2 saturated heterocycles. The number of aromatic nitrogens is 1. The molecule has 4 nitrogen and oxygen atoms in total. The SMILES string of the molecule is CC(SS)c1ccc([C@H]2CCOC2)c(CN2CC(O)C2)n1.